The number of anilines is 2. The Hall–Kier alpha value is -2.83. The summed E-state index contributed by atoms with van der Waals surface area (Å²) in [6, 6.07) is 4.66. The van der Waals surface area contributed by atoms with Crippen LogP contribution in [0, 0.1) is 5.82 Å². The first-order valence-corrected chi connectivity index (χ1v) is 12.7. The lowest BCUT2D eigenvalue weighted by atomic mass is 10.2. The van der Waals surface area contributed by atoms with Crippen molar-refractivity contribution in [3.05, 3.63) is 41.5 Å². The van der Waals surface area contributed by atoms with E-state index in [4.69, 9.17) is 9.84 Å². The van der Waals surface area contributed by atoms with Gasteiger partial charge in [-0.15, -0.1) is 0 Å². The molecule has 2 aliphatic heterocycles. The van der Waals surface area contributed by atoms with Crippen molar-refractivity contribution in [2.45, 2.75) is 45.2 Å². The van der Waals surface area contributed by atoms with Crippen molar-refractivity contribution in [1.82, 2.24) is 15.1 Å². The van der Waals surface area contributed by atoms with Crippen LogP contribution in [0.4, 0.5) is 20.6 Å². The van der Waals surface area contributed by atoms with Crippen molar-refractivity contribution in [3.63, 3.8) is 0 Å². The Morgan fingerprint density at radius 1 is 1.40 bits per heavy atom. The third-order valence-corrected chi connectivity index (χ3v) is 6.99. The van der Waals surface area contributed by atoms with Crippen LogP contribution in [0.1, 0.15) is 24.6 Å². The van der Waals surface area contributed by atoms with Crippen LogP contribution < -0.4 is 15.1 Å². The minimum Gasteiger partial charge on any atom is -0.442 e. The van der Waals surface area contributed by atoms with E-state index in [-0.39, 0.29) is 25.6 Å². The number of carbonyl (C=O) groups is 2. The second-order valence-corrected chi connectivity index (χ2v) is 9.80. The van der Waals surface area contributed by atoms with E-state index >= 15 is 4.39 Å². The van der Waals surface area contributed by atoms with E-state index in [1.165, 1.54) is 29.7 Å². The molecule has 2 amide bonds. The van der Waals surface area contributed by atoms with E-state index in [2.05, 4.69) is 10.4 Å². The van der Waals surface area contributed by atoms with Crippen molar-refractivity contribution in [2.24, 2.45) is 0 Å². The predicted molar refractivity (Wildman–Crippen MR) is 130 cm³/mol. The normalized spacial score (nSPS) is 18.1. The molecule has 1 fully saturated rings. The number of rotatable bonds is 11. The largest absolute Gasteiger partial charge is 0.442 e. The highest BCUT2D eigenvalue weighted by molar-refractivity contribution is 7.99. The number of ether oxygens (including phenoxy) is 1. The van der Waals surface area contributed by atoms with Gasteiger partial charge in [0.25, 0.3) is 0 Å². The summed E-state index contributed by atoms with van der Waals surface area (Å²) in [6.07, 6.45) is 0.997. The Morgan fingerprint density at radius 2 is 2.23 bits per heavy atom. The highest BCUT2D eigenvalue weighted by Crippen LogP contribution is 2.32. The minimum absolute atomic E-state index is 0.105. The molecular formula is C23H30FN5O5S. The molecule has 0 spiro atoms. The summed E-state index contributed by atoms with van der Waals surface area (Å²) in [4.78, 5) is 26.5. The SMILES string of the molecule is CC(=O)NC[C@H]1CN(c2ccc(N3Cc4cn(CC[C@H](O)CSCCO)nc4C3)c(F)c2)C(=O)O1. The summed E-state index contributed by atoms with van der Waals surface area (Å²) in [5.41, 5.74) is 2.72. The van der Waals surface area contributed by atoms with Crippen LogP contribution in [0.2, 0.25) is 0 Å². The average molecular weight is 508 g/mol. The van der Waals surface area contributed by atoms with Gasteiger partial charge in [0.15, 0.2) is 0 Å². The van der Waals surface area contributed by atoms with E-state index in [0.717, 1.165) is 11.3 Å². The van der Waals surface area contributed by atoms with Gasteiger partial charge in [0, 0.05) is 43.3 Å². The number of benzene rings is 1. The molecule has 0 radical (unpaired) electrons. The van der Waals surface area contributed by atoms with E-state index < -0.39 is 24.1 Å². The van der Waals surface area contributed by atoms with Crippen molar-refractivity contribution in [2.75, 3.05) is 41.0 Å². The number of nitrogens with zero attached hydrogens (tertiary/aromatic N) is 4. The molecule has 0 aliphatic carbocycles. The Balaban J connectivity index is 1.32. The molecule has 190 valence electrons. The molecule has 1 aromatic heterocycles. The van der Waals surface area contributed by atoms with E-state index in [9.17, 15) is 14.7 Å². The van der Waals surface area contributed by atoms with Gasteiger partial charge in [-0.05, 0) is 24.6 Å². The van der Waals surface area contributed by atoms with Gasteiger partial charge in [0.2, 0.25) is 5.91 Å². The number of carbonyl (C=O) groups excluding carboxylic acids is 2. The predicted octanol–water partition coefficient (Wildman–Crippen LogP) is 1.48. The molecule has 2 aromatic rings. The molecular weight excluding hydrogens is 477 g/mol. The molecule has 3 N–H and O–H groups in total. The first-order chi connectivity index (χ1) is 16.8. The second-order valence-electron chi connectivity index (χ2n) is 8.65. The minimum atomic E-state index is -0.570. The quantitative estimate of drug-likeness (QED) is 0.391. The number of aromatic nitrogens is 2. The van der Waals surface area contributed by atoms with E-state index in [0.29, 0.717) is 48.9 Å². The van der Waals surface area contributed by atoms with Crippen LogP contribution in [0.15, 0.2) is 24.4 Å². The fourth-order valence-electron chi connectivity index (χ4n) is 4.16. The first kappa shape index (κ1) is 25.3. The number of aliphatic hydroxyl groups excluding tert-OH is 2. The molecule has 3 heterocycles. The second kappa shape index (κ2) is 11.3. The van der Waals surface area contributed by atoms with Gasteiger partial charge < -0.3 is 25.2 Å². The zero-order valence-electron chi connectivity index (χ0n) is 19.5. The summed E-state index contributed by atoms with van der Waals surface area (Å²) in [5, 5.41) is 26.1. The average Bonchev–Trinajstić information content (AvgIpc) is 3.49. The molecule has 35 heavy (non-hydrogen) atoms. The monoisotopic (exact) mass is 507 g/mol. The maximum atomic E-state index is 15.0. The summed E-state index contributed by atoms with van der Waals surface area (Å²) in [5.74, 6) is 0.540. The van der Waals surface area contributed by atoms with Crippen LogP contribution in [-0.4, -0.2) is 75.4 Å². The molecule has 10 nitrogen and oxygen atoms in total. The van der Waals surface area contributed by atoms with Crippen LogP contribution in [-0.2, 0) is 29.2 Å². The third kappa shape index (κ3) is 6.24. The van der Waals surface area contributed by atoms with Crippen LogP contribution >= 0.6 is 11.8 Å². The van der Waals surface area contributed by atoms with Gasteiger partial charge in [0.05, 0.1) is 49.4 Å². The number of halogens is 1. The lowest BCUT2D eigenvalue weighted by Gasteiger charge is -2.21. The number of amides is 2. The topological polar surface area (TPSA) is 120 Å². The molecule has 4 rings (SSSR count). The van der Waals surface area contributed by atoms with Crippen LogP contribution in [0.3, 0.4) is 0 Å². The number of fused-ring (bicyclic) bond motifs is 1. The molecule has 0 unspecified atom stereocenters. The maximum absolute atomic E-state index is 15.0. The van der Waals surface area contributed by atoms with Crippen molar-refractivity contribution in [1.29, 1.82) is 0 Å². The Morgan fingerprint density at radius 3 is 2.94 bits per heavy atom. The fourth-order valence-corrected chi connectivity index (χ4v) is 4.89. The molecule has 0 bridgehead atoms. The van der Waals surface area contributed by atoms with Crippen molar-refractivity contribution in [3.8, 4) is 0 Å². The molecule has 12 heteroatoms. The molecule has 0 saturated carbocycles. The zero-order chi connectivity index (χ0) is 24.9. The van der Waals surface area contributed by atoms with Crippen molar-refractivity contribution < 1.29 is 28.9 Å². The number of aryl methyl sites for hydroxylation is 1. The summed E-state index contributed by atoms with van der Waals surface area (Å²) >= 11 is 1.52. The zero-order valence-corrected chi connectivity index (χ0v) is 20.3. The Labute approximate surface area is 207 Å². The Kier molecular flexibility index (Phi) is 8.14. The number of cyclic esters (lactones) is 1. The third-order valence-electron chi connectivity index (χ3n) is 5.90. The summed E-state index contributed by atoms with van der Waals surface area (Å²) in [7, 11) is 0. The van der Waals surface area contributed by atoms with E-state index in [1.54, 1.807) is 12.1 Å². The fraction of sp³-hybridized carbons (Fsp3) is 0.522. The summed E-state index contributed by atoms with van der Waals surface area (Å²) < 4.78 is 22.1. The highest BCUT2D eigenvalue weighted by atomic mass is 32.2. The number of hydrogen-bond donors (Lipinski definition) is 3. The van der Waals surface area contributed by atoms with Gasteiger partial charge in [-0.1, -0.05) is 0 Å². The van der Waals surface area contributed by atoms with Crippen molar-refractivity contribution >= 4 is 35.1 Å². The lowest BCUT2D eigenvalue weighted by Crippen LogP contribution is -2.33. The first-order valence-electron chi connectivity index (χ1n) is 11.5. The number of nitrogens with one attached hydrogen (secondary N) is 1. The van der Waals surface area contributed by atoms with Gasteiger partial charge >= 0.3 is 6.09 Å². The van der Waals surface area contributed by atoms with Crippen LogP contribution in [0.5, 0.6) is 0 Å². The molecule has 2 atom stereocenters. The number of thioether (sulfide) groups is 1. The molecule has 1 saturated heterocycles. The smallest absolute Gasteiger partial charge is 0.414 e. The van der Waals surface area contributed by atoms with Gasteiger partial charge in [-0.2, -0.15) is 16.9 Å². The van der Waals surface area contributed by atoms with E-state index in [1.807, 2.05) is 15.8 Å². The molecule has 2 aliphatic rings. The summed E-state index contributed by atoms with van der Waals surface area (Å²) in [6.45, 7) is 3.52. The Bertz CT molecular complexity index is 1040. The molecule has 1 aromatic carbocycles. The maximum Gasteiger partial charge on any atom is 0.414 e. The lowest BCUT2D eigenvalue weighted by molar-refractivity contribution is -0.119. The number of aliphatic hydroxyl groups is 2. The van der Waals surface area contributed by atoms with Gasteiger partial charge in [-0.25, -0.2) is 9.18 Å². The number of hydrogen-bond acceptors (Lipinski definition) is 8. The van der Waals surface area contributed by atoms with Gasteiger partial charge in [-0.3, -0.25) is 14.4 Å². The van der Waals surface area contributed by atoms with Crippen LogP contribution in [0.25, 0.3) is 0 Å². The highest BCUT2D eigenvalue weighted by Gasteiger charge is 2.33. The van der Waals surface area contributed by atoms with Gasteiger partial charge in [0.1, 0.15) is 11.9 Å². The standard InChI is InChI=1S/C23H30FN5O5S/c1-15(31)25-9-19-12-29(23(33)34-19)17-2-3-22(20(24)8-17)27-10-16-11-28(26-21(16)13-27)5-4-18(32)14-35-7-6-30/h2-3,8,11,18-19,30,32H,4-7,9-10,12-14H2,1H3,(H,25,31)/t18-,19-/m0/s1.